The second-order valence-corrected chi connectivity index (χ2v) is 7.14. The molecule has 27 heavy (non-hydrogen) atoms. The third-order valence-electron chi connectivity index (χ3n) is 4.98. The van der Waals surface area contributed by atoms with Crippen LogP contribution in [-0.2, 0) is 11.2 Å². The molecule has 146 valence electrons. The van der Waals surface area contributed by atoms with Crippen LogP contribution >= 0.6 is 0 Å². The zero-order valence-corrected chi connectivity index (χ0v) is 16.1. The van der Waals surface area contributed by atoms with Crippen molar-refractivity contribution < 1.29 is 14.1 Å². The molecule has 0 aliphatic carbocycles. The number of rotatable bonds is 8. The number of hydrogen-bond donors (Lipinski definition) is 1. The second-order valence-electron chi connectivity index (χ2n) is 7.14. The first kappa shape index (κ1) is 19.4. The van der Waals surface area contributed by atoms with Gasteiger partial charge in [0.05, 0.1) is 7.11 Å². The van der Waals surface area contributed by atoms with Crippen molar-refractivity contribution in [1.82, 2.24) is 20.4 Å². The average molecular weight is 372 g/mol. The fraction of sp³-hybridized carbons (Fsp3) is 0.550. The molecule has 1 aliphatic heterocycles. The summed E-state index contributed by atoms with van der Waals surface area (Å²) >= 11 is 0. The highest BCUT2D eigenvalue weighted by Gasteiger charge is 2.15. The van der Waals surface area contributed by atoms with Gasteiger partial charge >= 0.3 is 0 Å². The number of methoxy groups -OCH3 is 1. The lowest BCUT2D eigenvalue weighted by Crippen LogP contribution is -2.35. The summed E-state index contributed by atoms with van der Waals surface area (Å²) in [6.45, 7) is 6.37. The van der Waals surface area contributed by atoms with Crippen molar-refractivity contribution in [3.63, 3.8) is 0 Å². The van der Waals surface area contributed by atoms with Crippen LogP contribution in [0.3, 0.4) is 0 Å². The quantitative estimate of drug-likeness (QED) is 0.717. The van der Waals surface area contributed by atoms with Crippen LogP contribution in [-0.4, -0.2) is 54.2 Å². The maximum Gasteiger partial charge on any atom is 0.236 e. The van der Waals surface area contributed by atoms with Gasteiger partial charge in [-0.3, -0.25) is 4.79 Å². The number of hydrogen-bond acceptors (Lipinski definition) is 6. The molecular formula is C20H28N4O3. The Kier molecular flexibility index (Phi) is 6.81. The first-order chi connectivity index (χ1) is 13.1. The van der Waals surface area contributed by atoms with Crippen molar-refractivity contribution in [2.75, 3.05) is 33.3 Å². The predicted molar refractivity (Wildman–Crippen MR) is 102 cm³/mol. The van der Waals surface area contributed by atoms with Gasteiger partial charge in [-0.05, 0) is 69.1 Å². The molecule has 0 saturated carbocycles. The van der Waals surface area contributed by atoms with Gasteiger partial charge in [-0.1, -0.05) is 12.1 Å². The van der Waals surface area contributed by atoms with Gasteiger partial charge < -0.3 is 19.5 Å². The zero-order chi connectivity index (χ0) is 19.1. The Morgan fingerprint density at radius 3 is 2.74 bits per heavy atom. The van der Waals surface area contributed by atoms with Crippen LogP contribution in [0.4, 0.5) is 0 Å². The summed E-state index contributed by atoms with van der Waals surface area (Å²) in [7, 11) is 1.62. The molecule has 7 heteroatoms. The first-order valence-corrected chi connectivity index (χ1v) is 9.60. The molecule has 1 aromatic heterocycles. The van der Waals surface area contributed by atoms with Crippen molar-refractivity contribution in [2.24, 2.45) is 5.92 Å². The van der Waals surface area contributed by atoms with Crippen molar-refractivity contribution in [3.05, 3.63) is 30.2 Å². The first-order valence-electron chi connectivity index (χ1n) is 9.60. The lowest BCUT2D eigenvalue weighted by atomic mass is 9.99. The summed E-state index contributed by atoms with van der Waals surface area (Å²) in [6.07, 6.45) is 3.62. The number of aromatic nitrogens is 2. The summed E-state index contributed by atoms with van der Waals surface area (Å²) < 4.78 is 10.3. The third-order valence-corrected chi connectivity index (χ3v) is 4.98. The van der Waals surface area contributed by atoms with Crippen LogP contribution in [0.1, 0.15) is 32.1 Å². The molecule has 1 amide bonds. The monoisotopic (exact) mass is 372 g/mol. The van der Waals surface area contributed by atoms with Gasteiger partial charge in [0.1, 0.15) is 12.2 Å². The van der Waals surface area contributed by atoms with Gasteiger partial charge in [-0.2, -0.15) is 4.98 Å². The summed E-state index contributed by atoms with van der Waals surface area (Å²) in [5.74, 6) is 2.31. The topological polar surface area (TPSA) is 80.5 Å². The van der Waals surface area contributed by atoms with Crippen LogP contribution in [0, 0.1) is 5.92 Å². The van der Waals surface area contributed by atoms with Crippen molar-refractivity contribution in [3.8, 4) is 17.1 Å². The van der Waals surface area contributed by atoms with Gasteiger partial charge in [0.2, 0.25) is 17.6 Å². The lowest BCUT2D eigenvalue weighted by molar-refractivity contribution is -0.120. The molecule has 0 spiro atoms. The maximum absolute atomic E-state index is 12.1. The molecule has 0 radical (unpaired) electrons. The van der Waals surface area contributed by atoms with E-state index >= 15 is 0 Å². The molecule has 7 nitrogen and oxygen atoms in total. The summed E-state index contributed by atoms with van der Waals surface area (Å²) in [6, 6.07) is 7.38. The van der Waals surface area contributed by atoms with Gasteiger partial charge in [-0.15, -0.1) is 0 Å². The fourth-order valence-corrected chi connectivity index (χ4v) is 3.20. The van der Waals surface area contributed by atoms with E-state index in [2.05, 4.69) is 27.3 Å². The molecule has 1 aliphatic rings. The number of amides is 1. The van der Waals surface area contributed by atoms with E-state index in [9.17, 15) is 4.79 Å². The van der Waals surface area contributed by atoms with Gasteiger partial charge in [0, 0.05) is 12.1 Å². The largest absolute Gasteiger partial charge is 0.497 e. The maximum atomic E-state index is 12.1. The summed E-state index contributed by atoms with van der Waals surface area (Å²) in [5, 5.41) is 6.88. The highest BCUT2D eigenvalue weighted by Crippen LogP contribution is 2.19. The molecule has 0 atom stereocenters. The van der Waals surface area contributed by atoms with Crippen LogP contribution in [0.25, 0.3) is 11.4 Å². The highest BCUT2D eigenvalue weighted by molar-refractivity contribution is 5.77. The number of likely N-dealkylation sites (tertiary alicyclic amines) is 1. The summed E-state index contributed by atoms with van der Waals surface area (Å²) in [5.41, 5.74) is 0.821. The van der Waals surface area contributed by atoms with E-state index in [1.165, 1.54) is 25.9 Å². The molecule has 1 fully saturated rings. The highest BCUT2D eigenvalue weighted by atomic mass is 16.5. The average Bonchev–Trinajstić information content (AvgIpc) is 3.15. The molecule has 1 N–H and O–H groups in total. The third kappa shape index (κ3) is 5.79. The normalized spacial score (nSPS) is 15.6. The minimum absolute atomic E-state index is 0.0906. The zero-order valence-electron chi connectivity index (χ0n) is 16.1. The van der Waals surface area contributed by atoms with E-state index in [-0.39, 0.29) is 12.3 Å². The molecule has 1 saturated heterocycles. The Morgan fingerprint density at radius 1 is 1.30 bits per heavy atom. The Morgan fingerprint density at radius 2 is 2.04 bits per heavy atom. The van der Waals surface area contributed by atoms with Crippen LogP contribution < -0.4 is 10.1 Å². The molecule has 2 aromatic rings. The minimum atomic E-state index is -0.0906. The standard InChI is InChI=1S/C20H28N4O3/c1-15-8-12-24(13-9-15)11-3-10-21-18(25)14-19-22-20(23-27-19)16-4-6-17(26-2)7-5-16/h4-7,15H,3,8-14H2,1-2H3,(H,21,25). The number of nitrogens with one attached hydrogen (secondary N) is 1. The number of ether oxygens (including phenoxy) is 1. The number of carbonyl (C=O) groups is 1. The number of benzene rings is 1. The number of piperidine rings is 1. The van der Waals surface area contributed by atoms with Crippen LogP contribution in [0.15, 0.2) is 28.8 Å². The predicted octanol–water partition coefficient (Wildman–Crippen LogP) is 2.53. The SMILES string of the molecule is COc1ccc(-c2noc(CC(=O)NCCCN3CCC(C)CC3)n2)cc1. The van der Waals surface area contributed by atoms with Crippen molar-refractivity contribution >= 4 is 5.91 Å². The van der Waals surface area contributed by atoms with Crippen molar-refractivity contribution in [1.29, 1.82) is 0 Å². The van der Waals surface area contributed by atoms with Gasteiger partial charge in [0.25, 0.3) is 0 Å². The Bertz CT molecular complexity index is 721. The molecule has 2 heterocycles. The molecule has 0 bridgehead atoms. The van der Waals surface area contributed by atoms with E-state index in [0.29, 0.717) is 18.3 Å². The Balaban J connectivity index is 1.38. The minimum Gasteiger partial charge on any atom is -0.497 e. The molecule has 0 unspecified atom stereocenters. The lowest BCUT2D eigenvalue weighted by Gasteiger charge is -2.30. The Hall–Kier alpha value is -2.41. The molecule has 1 aromatic carbocycles. The van der Waals surface area contributed by atoms with E-state index < -0.39 is 0 Å². The van der Waals surface area contributed by atoms with Gasteiger partial charge in [0.15, 0.2) is 0 Å². The van der Waals surface area contributed by atoms with Crippen LogP contribution in [0.5, 0.6) is 5.75 Å². The molecule has 3 rings (SSSR count). The van der Waals surface area contributed by atoms with E-state index in [0.717, 1.165) is 30.2 Å². The second kappa shape index (κ2) is 9.50. The van der Waals surface area contributed by atoms with E-state index in [1.807, 2.05) is 24.3 Å². The van der Waals surface area contributed by atoms with Gasteiger partial charge in [-0.25, -0.2) is 0 Å². The number of carbonyl (C=O) groups excluding carboxylic acids is 1. The fourth-order valence-electron chi connectivity index (χ4n) is 3.20. The van der Waals surface area contributed by atoms with E-state index in [4.69, 9.17) is 9.26 Å². The smallest absolute Gasteiger partial charge is 0.236 e. The Labute approximate surface area is 160 Å². The van der Waals surface area contributed by atoms with Crippen LogP contribution in [0.2, 0.25) is 0 Å². The number of nitrogens with zero attached hydrogens (tertiary/aromatic N) is 3. The van der Waals surface area contributed by atoms with Crippen molar-refractivity contribution in [2.45, 2.75) is 32.6 Å². The summed E-state index contributed by atoms with van der Waals surface area (Å²) in [4.78, 5) is 18.8. The van der Waals surface area contributed by atoms with E-state index in [1.54, 1.807) is 7.11 Å². The molecular weight excluding hydrogens is 344 g/mol.